The van der Waals surface area contributed by atoms with Crippen LogP contribution in [0.2, 0.25) is 0 Å². The molecular weight excluding hydrogens is 312 g/mol. The zero-order chi connectivity index (χ0) is 17.1. The molecule has 24 heavy (non-hydrogen) atoms. The molecule has 0 aliphatic carbocycles. The summed E-state index contributed by atoms with van der Waals surface area (Å²) in [5, 5.41) is 3.23. The fourth-order valence-corrected chi connectivity index (χ4v) is 2.70. The molecule has 2 heterocycles. The van der Waals surface area contributed by atoms with E-state index in [0.29, 0.717) is 23.0 Å². The summed E-state index contributed by atoms with van der Waals surface area (Å²) in [6.07, 6.45) is 0. The van der Waals surface area contributed by atoms with Gasteiger partial charge in [0.15, 0.2) is 0 Å². The van der Waals surface area contributed by atoms with E-state index in [1.807, 2.05) is 0 Å². The molecule has 0 unspecified atom stereocenters. The number of hydrogen-bond acceptors (Lipinski definition) is 5. The minimum Gasteiger partial charge on any atom is -0.379 e. The Kier molecular flexibility index (Phi) is 4.77. The van der Waals surface area contributed by atoms with Gasteiger partial charge in [-0.25, -0.2) is 4.79 Å². The molecule has 1 amide bonds. The van der Waals surface area contributed by atoms with Gasteiger partial charge in [0.2, 0.25) is 0 Å². The van der Waals surface area contributed by atoms with Crippen molar-refractivity contribution in [1.29, 1.82) is 0 Å². The largest absolute Gasteiger partial charge is 0.379 e. The number of fused-ring (bicyclic) bond motifs is 1. The molecule has 0 bridgehead atoms. The molecule has 0 atom stereocenters. The Labute approximate surface area is 138 Å². The number of nitrogens with one attached hydrogen (secondary N) is 2. The highest BCUT2D eigenvalue weighted by atomic mass is 16.5. The first-order valence-electron chi connectivity index (χ1n) is 7.87. The normalized spacial score (nSPS) is 15.5. The van der Waals surface area contributed by atoms with Crippen LogP contribution in [0.15, 0.2) is 27.8 Å². The van der Waals surface area contributed by atoms with E-state index < -0.39 is 5.69 Å². The third kappa shape index (κ3) is 3.39. The average molecular weight is 332 g/mol. The number of benzene rings is 1. The molecule has 1 fully saturated rings. The average Bonchev–Trinajstić information content (AvgIpc) is 2.60. The first-order chi connectivity index (χ1) is 11.6. The maximum atomic E-state index is 12.2. The van der Waals surface area contributed by atoms with E-state index in [0.717, 1.165) is 37.4 Å². The number of hydrogen-bond donors (Lipinski definition) is 2. The smallest absolute Gasteiger partial charge is 0.328 e. The van der Waals surface area contributed by atoms with Crippen LogP contribution in [-0.4, -0.2) is 59.8 Å². The van der Waals surface area contributed by atoms with Gasteiger partial charge in [-0.05, 0) is 18.2 Å². The summed E-state index contributed by atoms with van der Waals surface area (Å²) in [6, 6.07) is 4.68. The summed E-state index contributed by atoms with van der Waals surface area (Å²) in [6.45, 7) is 4.48. The quantitative estimate of drug-likeness (QED) is 0.771. The Morgan fingerprint density at radius 2 is 2.04 bits per heavy atom. The zero-order valence-corrected chi connectivity index (χ0v) is 13.5. The summed E-state index contributed by atoms with van der Waals surface area (Å²) in [5.41, 5.74) is -0.109. The molecule has 0 spiro atoms. The second kappa shape index (κ2) is 6.98. The van der Waals surface area contributed by atoms with Crippen molar-refractivity contribution in [3.63, 3.8) is 0 Å². The van der Waals surface area contributed by atoms with Crippen molar-refractivity contribution in [3.05, 3.63) is 44.6 Å². The Bertz CT molecular complexity index is 864. The molecule has 2 N–H and O–H groups in total. The first-order valence-corrected chi connectivity index (χ1v) is 7.87. The standard InChI is InChI=1S/C16H20N4O4/c1-19-15(22)12-3-2-11(10-13(12)18-16(19)23)14(21)17-4-5-20-6-8-24-9-7-20/h2-3,10H,4-9H2,1H3,(H,17,21)(H,18,23). The van der Waals surface area contributed by atoms with Crippen LogP contribution >= 0.6 is 0 Å². The van der Waals surface area contributed by atoms with Crippen LogP contribution in [0.4, 0.5) is 0 Å². The topological polar surface area (TPSA) is 96.4 Å². The molecule has 8 heteroatoms. The van der Waals surface area contributed by atoms with Crippen molar-refractivity contribution in [3.8, 4) is 0 Å². The third-order valence-corrected chi connectivity index (χ3v) is 4.18. The lowest BCUT2D eigenvalue weighted by Crippen LogP contribution is -2.41. The molecule has 1 saturated heterocycles. The number of carbonyl (C=O) groups is 1. The molecule has 1 aliphatic rings. The highest BCUT2D eigenvalue weighted by molar-refractivity contribution is 5.97. The Morgan fingerprint density at radius 3 is 2.79 bits per heavy atom. The second-order valence-electron chi connectivity index (χ2n) is 5.76. The number of morpholine rings is 1. The van der Waals surface area contributed by atoms with Gasteiger partial charge in [0.25, 0.3) is 11.5 Å². The number of ether oxygens (including phenoxy) is 1. The molecular formula is C16H20N4O4. The van der Waals surface area contributed by atoms with Crippen LogP contribution in [0.5, 0.6) is 0 Å². The molecule has 1 aliphatic heterocycles. The first kappa shape index (κ1) is 16.4. The maximum absolute atomic E-state index is 12.2. The summed E-state index contributed by atoms with van der Waals surface area (Å²) < 4.78 is 6.28. The molecule has 8 nitrogen and oxygen atoms in total. The van der Waals surface area contributed by atoms with E-state index in [-0.39, 0.29) is 11.5 Å². The van der Waals surface area contributed by atoms with Crippen molar-refractivity contribution in [1.82, 2.24) is 19.8 Å². The van der Waals surface area contributed by atoms with E-state index >= 15 is 0 Å². The lowest BCUT2D eigenvalue weighted by atomic mass is 10.1. The highest BCUT2D eigenvalue weighted by Crippen LogP contribution is 2.09. The molecule has 1 aromatic heterocycles. The van der Waals surface area contributed by atoms with E-state index in [1.165, 1.54) is 13.1 Å². The van der Waals surface area contributed by atoms with Gasteiger partial charge in [0.1, 0.15) is 0 Å². The van der Waals surface area contributed by atoms with Gasteiger partial charge in [-0.15, -0.1) is 0 Å². The van der Waals surface area contributed by atoms with Gasteiger partial charge < -0.3 is 15.0 Å². The van der Waals surface area contributed by atoms with Crippen LogP contribution in [0.1, 0.15) is 10.4 Å². The predicted molar refractivity (Wildman–Crippen MR) is 89.4 cm³/mol. The van der Waals surface area contributed by atoms with Gasteiger partial charge in [0, 0.05) is 38.8 Å². The van der Waals surface area contributed by atoms with Gasteiger partial charge in [-0.1, -0.05) is 0 Å². The fraction of sp³-hybridized carbons (Fsp3) is 0.438. The zero-order valence-electron chi connectivity index (χ0n) is 13.5. The maximum Gasteiger partial charge on any atom is 0.328 e. The summed E-state index contributed by atoms with van der Waals surface area (Å²) >= 11 is 0. The monoisotopic (exact) mass is 332 g/mol. The Morgan fingerprint density at radius 1 is 1.29 bits per heavy atom. The predicted octanol–water partition coefficient (Wildman–Crippen LogP) is -0.711. The molecule has 1 aromatic carbocycles. The van der Waals surface area contributed by atoms with Gasteiger partial charge >= 0.3 is 5.69 Å². The van der Waals surface area contributed by atoms with E-state index in [9.17, 15) is 14.4 Å². The van der Waals surface area contributed by atoms with Crippen LogP contribution in [-0.2, 0) is 11.8 Å². The van der Waals surface area contributed by atoms with Crippen LogP contribution in [0.3, 0.4) is 0 Å². The van der Waals surface area contributed by atoms with Gasteiger partial charge in [-0.3, -0.25) is 19.1 Å². The highest BCUT2D eigenvalue weighted by Gasteiger charge is 2.12. The molecule has 2 aromatic rings. The molecule has 128 valence electrons. The van der Waals surface area contributed by atoms with Crippen molar-refractivity contribution in [2.24, 2.45) is 7.05 Å². The van der Waals surface area contributed by atoms with E-state index in [1.54, 1.807) is 12.1 Å². The van der Waals surface area contributed by atoms with Gasteiger partial charge in [0.05, 0.1) is 24.1 Å². The number of nitrogens with zero attached hydrogens (tertiary/aromatic N) is 2. The summed E-state index contributed by atoms with van der Waals surface area (Å²) in [7, 11) is 1.41. The number of carbonyl (C=O) groups excluding carboxylic acids is 1. The van der Waals surface area contributed by atoms with Crippen LogP contribution in [0.25, 0.3) is 10.9 Å². The number of aromatic amines is 1. The number of amides is 1. The van der Waals surface area contributed by atoms with E-state index in [4.69, 9.17) is 4.74 Å². The van der Waals surface area contributed by atoms with Gasteiger partial charge in [-0.2, -0.15) is 0 Å². The Hall–Kier alpha value is -2.45. The van der Waals surface area contributed by atoms with Crippen molar-refractivity contribution in [2.45, 2.75) is 0 Å². The SMILES string of the molecule is Cn1c(=O)[nH]c2cc(C(=O)NCCN3CCOCC3)ccc2c1=O. The molecule has 0 saturated carbocycles. The number of aromatic nitrogens is 2. The van der Waals surface area contributed by atoms with Crippen LogP contribution in [0, 0.1) is 0 Å². The minimum atomic E-state index is -0.502. The third-order valence-electron chi connectivity index (χ3n) is 4.18. The van der Waals surface area contributed by atoms with Crippen molar-refractivity contribution in [2.75, 3.05) is 39.4 Å². The molecule has 3 rings (SSSR count). The van der Waals surface area contributed by atoms with E-state index in [2.05, 4.69) is 15.2 Å². The van der Waals surface area contributed by atoms with Crippen LogP contribution < -0.4 is 16.6 Å². The fourth-order valence-electron chi connectivity index (χ4n) is 2.70. The second-order valence-corrected chi connectivity index (χ2v) is 5.76. The van der Waals surface area contributed by atoms with Crippen molar-refractivity contribution >= 4 is 16.8 Å². The molecule has 0 radical (unpaired) electrons. The summed E-state index contributed by atoms with van der Waals surface area (Å²) in [4.78, 5) is 40.7. The minimum absolute atomic E-state index is 0.230. The summed E-state index contributed by atoms with van der Waals surface area (Å²) in [5.74, 6) is -0.230. The number of rotatable bonds is 4. The number of H-pyrrole nitrogens is 1. The lowest BCUT2D eigenvalue weighted by Gasteiger charge is -2.26. The van der Waals surface area contributed by atoms with Crippen molar-refractivity contribution < 1.29 is 9.53 Å². The lowest BCUT2D eigenvalue weighted by molar-refractivity contribution is 0.0383. The Balaban J connectivity index is 1.69.